The second-order valence-electron chi connectivity index (χ2n) is 11.0. The van der Waals surface area contributed by atoms with Crippen molar-refractivity contribution in [2.75, 3.05) is 19.7 Å². The van der Waals surface area contributed by atoms with Crippen LogP contribution in [0.3, 0.4) is 0 Å². The lowest BCUT2D eigenvalue weighted by Gasteiger charge is -2.46. The van der Waals surface area contributed by atoms with Crippen LogP contribution in [-0.4, -0.2) is 83.9 Å². The molecule has 1 spiro atoms. The van der Waals surface area contributed by atoms with E-state index in [1.807, 2.05) is 13.8 Å². The number of carbonyl (C=O) groups is 3. The average Bonchev–Trinajstić information content (AvgIpc) is 3.21. The van der Waals surface area contributed by atoms with E-state index in [0.717, 1.165) is 6.42 Å². The van der Waals surface area contributed by atoms with Gasteiger partial charge in [-0.25, -0.2) is 0 Å². The van der Waals surface area contributed by atoms with Crippen molar-refractivity contribution in [2.45, 2.75) is 73.9 Å². The quantitative estimate of drug-likeness (QED) is 0.369. The predicted octanol–water partition coefficient (Wildman–Crippen LogP) is 2.76. The molecule has 0 aliphatic carbocycles. The van der Waals surface area contributed by atoms with E-state index in [1.165, 1.54) is 16.7 Å². The van der Waals surface area contributed by atoms with Gasteiger partial charge in [0.05, 0.1) is 23.2 Å². The number of halogens is 1. The fraction of sp³-hybridized carbons (Fsp3) is 0.783. The van der Waals surface area contributed by atoms with Gasteiger partial charge in [-0.15, -0.1) is 18.3 Å². The summed E-state index contributed by atoms with van der Waals surface area (Å²) in [6, 6.07) is -0.814. The molecule has 3 aliphatic heterocycles. The number of β-amino-alcohol motifs (C(OH)–C–C–N with tert-alkyl or cyclic N) is 1. The number of rotatable bonds is 8. The second-order valence-corrected chi connectivity index (χ2v) is 13.8. The van der Waals surface area contributed by atoms with Crippen molar-refractivity contribution in [3.63, 3.8) is 0 Å². The molecule has 6 atom stereocenters. The molecular weight excluding hydrogens is 496 g/mol. The Morgan fingerprint density at radius 2 is 1.97 bits per heavy atom. The summed E-state index contributed by atoms with van der Waals surface area (Å²) in [7, 11) is 0. The molecule has 2 N–H and O–H groups in total. The zero-order valence-electron chi connectivity index (χ0n) is 19.5. The van der Waals surface area contributed by atoms with E-state index < -0.39 is 34.1 Å². The number of carboxylic acids is 1. The Kier molecular flexibility index (Phi) is 6.88. The molecule has 0 radical (unpaired) electrons. The number of amides is 2. The van der Waals surface area contributed by atoms with E-state index in [-0.39, 0.29) is 40.5 Å². The molecule has 0 aromatic carbocycles. The number of thioether (sulfide) groups is 1. The van der Waals surface area contributed by atoms with E-state index in [2.05, 4.69) is 43.3 Å². The Morgan fingerprint density at radius 3 is 2.47 bits per heavy atom. The molecule has 3 saturated heterocycles. The number of fused-ring (bicyclic) bond motifs is 1. The average molecular weight is 532 g/mol. The van der Waals surface area contributed by atoms with Crippen molar-refractivity contribution in [1.29, 1.82) is 0 Å². The third kappa shape index (κ3) is 4.02. The molecule has 32 heavy (non-hydrogen) atoms. The number of aliphatic hydroxyl groups is 1. The molecule has 180 valence electrons. The molecular formula is C23H35BrN2O5S. The number of hydrogen-bond acceptors (Lipinski definition) is 5. The lowest BCUT2D eigenvalue weighted by Crippen LogP contribution is -2.60. The Hall–Kier alpha value is -1.06. The van der Waals surface area contributed by atoms with Gasteiger partial charge in [-0.3, -0.25) is 14.4 Å². The molecule has 9 heteroatoms. The lowest BCUT2D eigenvalue weighted by molar-refractivity contribution is -0.149. The predicted molar refractivity (Wildman–Crippen MR) is 129 cm³/mol. The van der Waals surface area contributed by atoms with Crippen LogP contribution in [0.2, 0.25) is 0 Å². The van der Waals surface area contributed by atoms with Crippen molar-refractivity contribution in [1.82, 2.24) is 9.80 Å². The Bertz CT molecular complexity index is 813. The topological polar surface area (TPSA) is 98.2 Å². The fourth-order valence-corrected chi connectivity index (χ4v) is 9.94. The van der Waals surface area contributed by atoms with E-state index in [1.54, 1.807) is 11.0 Å². The number of hydrogen-bond donors (Lipinski definition) is 2. The van der Waals surface area contributed by atoms with Gasteiger partial charge in [0.15, 0.2) is 0 Å². The van der Waals surface area contributed by atoms with Gasteiger partial charge >= 0.3 is 5.97 Å². The molecule has 0 aromatic heterocycles. The minimum Gasteiger partial charge on any atom is -0.481 e. The summed E-state index contributed by atoms with van der Waals surface area (Å²) in [5.41, 5.74) is -0.538. The molecule has 7 nitrogen and oxygen atoms in total. The Labute approximate surface area is 203 Å². The maximum absolute atomic E-state index is 14.2. The minimum absolute atomic E-state index is 0.0135. The highest BCUT2D eigenvalue weighted by Crippen LogP contribution is 2.67. The van der Waals surface area contributed by atoms with E-state index in [0.29, 0.717) is 13.0 Å². The first-order valence-electron chi connectivity index (χ1n) is 11.1. The number of alkyl halides is 1. The molecule has 2 amide bonds. The molecule has 3 aliphatic rings. The third-order valence-corrected chi connectivity index (χ3v) is 10.1. The fourth-order valence-electron chi connectivity index (χ4n) is 6.34. The number of carboxylic acid groups (broad SMARTS) is 1. The van der Waals surface area contributed by atoms with Crippen molar-refractivity contribution < 1.29 is 24.6 Å². The molecule has 0 aromatic rings. The highest BCUT2D eigenvalue weighted by molar-refractivity contribution is 9.09. The van der Waals surface area contributed by atoms with E-state index >= 15 is 0 Å². The molecule has 2 bridgehead atoms. The number of aliphatic hydroxyl groups excluding tert-OH is 1. The van der Waals surface area contributed by atoms with Gasteiger partial charge < -0.3 is 20.0 Å². The van der Waals surface area contributed by atoms with Gasteiger partial charge in [0.25, 0.3) is 0 Å². The van der Waals surface area contributed by atoms with Crippen LogP contribution in [-0.2, 0) is 14.4 Å². The van der Waals surface area contributed by atoms with Crippen molar-refractivity contribution in [2.24, 2.45) is 17.3 Å². The normalized spacial score (nSPS) is 34.0. The SMILES string of the molecule is C=CCN(C(=O)C1N(CCO)C(=O)[C@@H]2[C@H](C(=O)O)[C@H]3SC12CC3Br)C(C)(C)CC(C)(C)C. The largest absolute Gasteiger partial charge is 0.481 e. The first-order valence-corrected chi connectivity index (χ1v) is 12.9. The van der Waals surface area contributed by atoms with E-state index in [9.17, 15) is 24.6 Å². The zero-order valence-corrected chi connectivity index (χ0v) is 21.9. The van der Waals surface area contributed by atoms with Crippen LogP contribution in [0.5, 0.6) is 0 Å². The summed E-state index contributed by atoms with van der Waals surface area (Å²) in [6.07, 6.45) is 2.98. The summed E-state index contributed by atoms with van der Waals surface area (Å²) in [6.45, 7) is 14.3. The summed E-state index contributed by atoms with van der Waals surface area (Å²) < 4.78 is -0.817. The highest BCUT2D eigenvalue weighted by Gasteiger charge is 2.76. The summed E-state index contributed by atoms with van der Waals surface area (Å²) >= 11 is 5.11. The molecule has 0 saturated carbocycles. The Balaban J connectivity index is 2.08. The van der Waals surface area contributed by atoms with Crippen LogP contribution in [0.15, 0.2) is 12.7 Å². The van der Waals surface area contributed by atoms with Gasteiger partial charge in [-0.2, -0.15) is 0 Å². The van der Waals surface area contributed by atoms with Crippen LogP contribution in [0, 0.1) is 17.3 Å². The van der Waals surface area contributed by atoms with Crippen LogP contribution in [0.4, 0.5) is 0 Å². The smallest absolute Gasteiger partial charge is 0.308 e. The number of carbonyl (C=O) groups excluding carboxylic acids is 2. The van der Waals surface area contributed by atoms with E-state index in [4.69, 9.17) is 0 Å². The maximum atomic E-state index is 14.2. The van der Waals surface area contributed by atoms with Gasteiger partial charge in [0.1, 0.15) is 6.04 Å². The Morgan fingerprint density at radius 1 is 1.34 bits per heavy atom. The van der Waals surface area contributed by atoms with Crippen molar-refractivity contribution in [3.8, 4) is 0 Å². The first kappa shape index (κ1) is 25.6. The summed E-state index contributed by atoms with van der Waals surface area (Å²) in [4.78, 5) is 43.0. The van der Waals surface area contributed by atoms with Crippen LogP contribution in [0.1, 0.15) is 47.5 Å². The van der Waals surface area contributed by atoms with Gasteiger partial charge in [-0.1, -0.05) is 42.8 Å². The number of likely N-dealkylation sites (tertiary alicyclic amines) is 1. The number of aliphatic carboxylic acids is 1. The standard InChI is InChI=1S/C23H35BrN2O5S/c1-7-8-26(22(5,6)12-21(2,3)4)19(29)17-23-11-13(24)16(32-23)14(20(30)31)15(23)18(28)25(17)9-10-27/h7,13-17,27H,1,8-12H2,2-6H3,(H,30,31)/t13?,14-,15-,16-,17?,23?/m0/s1. The van der Waals surface area contributed by atoms with Crippen LogP contribution < -0.4 is 0 Å². The third-order valence-electron chi connectivity index (χ3n) is 6.92. The first-order chi connectivity index (χ1) is 14.7. The summed E-state index contributed by atoms with van der Waals surface area (Å²) in [5.74, 6) is -3.13. The van der Waals surface area contributed by atoms with Crippen molar-refractivity contribution in [3.05, 3.63) is 12.7 Å². The molecule has 3 unspecified atom stereocenters. The lowest BCUT2D eigenvalue weighted by atomic mass is 9.70. The number of nitrogens with zero attached hydrogens (tertiary/aromatic N) is 2. The second kappa shape index (κ2) is 8.62. The van der Waals surface area contributed by atoms with Gasteiger partial charge in [-0.05, 0) is 32.1 Å². The molecule has 3 fully saturated rings. The minimum atomic E-state index is -1.00. The zero-order chi connectivity index (χ0) is 24.2. The monoisotopic (exact) mass is 530 g/mol. The highest BCUT2D eigenvalue weighted by atomic mass is 79.9. The van der Waals surface area contributed by atoms with Crippen LogP contribution >= 0.6 is 27.7 Å². The molecule has 3 heterocycles. The molecule has 3 rings (SSSR count). The van der Waals surface area contributed by atoms with Gasteiger partial charge in [0, 0.05) is 28.7 Å². The maximum Gasteiger partial charge on any atom is 0.308 e. The van der Waals surface area contributed by atoms with Crippen LogP contribution in [0.25, 0.3) is 0 Å². The van der Waals surface area contributed by atoms with Crippen molar-refractivity contribution >= 4 is 45.5 Å². The van der Waals surface area contributed by atoms with Gasteiger partial charge in [0.2, 0.25) is 11.8 Å². The summed E-state index contributed by atoms with van der Waals surface area (Å²) in [5, 5.41) is 19.4.